The highest BCUT2D eigenvalue weighted by Crippen LogP contribution is 2.12. The molecule has 0 fully saturated rings. The Labute approximate surface area is 117 Å². The first-order valence-corrected chi connectivity index (χ1v) is 6.33. The molecule has 96 valence electrons. The number of nitrogens with two attached hydrogens (primary N) is 1. The Kier molecular flexibility index (Phi) is 4.57. The predicted molar refractivity (Wildman–Crippen MR) is 76.6 cm³/mol. The van der Waals surface area contributed by atoms with Crippen LogP contribution >= 0.6 is 11.6 Å². The van der Waals surface area contributed by atoms with E-state index in [1.165, 1.54) is 12.1 Å². The van der Waals surface area contributed by atoms with E-state index >= 15 is 0 Å². The van der Waals surface area contributed by atoms with Gasteiger partial charge in [0.2, 0.25) is 0 Å². The highest BCUT2D eigenvalue weighted by atomic mass is 35.5. The Morgan fingerprint density at radius 3 is 2.47 bits per heavy atom. The van der Waals surface area contributed by atoms with Crippen molar-refractivity contribution in [2.45, 2.75) is 6.42 Å². The lowest BCUT2D eigenvalue weighted by Gasteiger charge is -2.02. The standard InChI is InChI=1S/C16H13ClFN/c17-15-6-2-12(3-7-15)1-4-13-5-8-16(18)11-14(13)9-10-19/h2-3,5-8,11H,9-10,19H2. The molecule has 2 aromatic carbocycles. The lowest BCUT2D eigenvalue weighted by atomic mass is 10.0. The number of benzene rings is 2. The zero-order chi connectivity index (χ0) is 13.7. The average Bonchev–Trinajstić information content (AvgIpc) is 2.40. The molecule has 2 aromatic rings. The molecule has 0 aliphatic heterocycles. The Hall–Kier alpha value is -1.82. The van der Waals surface area contributed by atoms with Crippen molar-refractivity contribution in [3.8, 4) is 11.8 Å². The van der Waals surface area contributed by atoms with Crippen LogP contribution in [0.1, 0.15) is 16.7 Å². The van der Waals surface area contributed by atoms with Crippen LogP contribution in [-0.4, -0.2) is 6.54 Å². The van der Waals surface area contributed by atoms with E-state index in [1.807, 2.05) is 12.1 Å². The molecule has 0 atom stereocenters. The van der Waals surface area contributed by atoms with E-state index in [-0.39, 0.29) is 5.82 Å². The summed E-state index contributed by atoms with van der Waals surface area (Å²) < 4.78 is 13.2. The lowest BCUT2D eigenvalue weighted by Crippen LogP contribution is -2.04. The smallest absolute Gasteiger partial charge is 0.123 e. The SMILES string of the molecule is NCCc1cc(F)ccc1C#Cc1ccc(Cl)cc1. The third-order valence-corrected chi connectivity index (χ3v) is 2.92. The maximum Gasteiger partial charge on any atom is 0.123 e. The monoisotopic (exact) mass is 273 g/mol. The maximum atomic E-state index is 13.2. The molecule has 1 nitrogen and oxygen atoms in total. The first kappa shape index (κ1) is 13.6. The van der Waals surface area contributed by atoms with E-state index in [9.17, 15) is 4.39 Å². The number of hydrogen-bond acceptors (Lipinski definition) is 1. The summed E-state index contributed by atoms with van der Waals surface area (Å²) in [5, 5.41) is 0.677. The molecule has 0 spiro atoms. The minimum absolute atomic E-state index is 0.263. The fourth-order valence-electron chi connectivity index (χ4n) is 1.72. The molecule has 0 saturated heterocycles. The normalized spacial score (nSPS) is 9.84. The molecule has 0 aliphatic rings. The molecule has 0 unspecified atom stereocenters. The summed E-state index contributed by atoms with van der Waals surface area (Å²) in [4.78, 5) is 0. The van der Waals surface area contributed by atoms with Gasteiger partial charge in [-0.05, 0) is 61.0 Å². The second-order valence-electron chi connectivity index (χ2n) is 4.10. The van der Waals surface area contributed by atoms with Gasteiger partial charge in [-0.3, -0.25) is 0 Å². The summed E-state index contributed by atoms with van der Waals surface area (Å²) in [6, 6.07) is 11.9. The van der Waals surface area contributed by atoms with Gasteiger partial charge in [0.05, 0.1) is 0 Å². The molecule has 0 bridgehead atoms. The highest BCUT2D eigenvalue weighted by Gasteiger charge is 2.01. The van der Waals surface area contributed by atoms with Crippen molar-refractivity contribution in [3.63, 3.8) is 0 Å². The molecule has 2 rings (SSSR count). The molecular weight excluding hydrogens is 261 g/mol. The summed E-state index contributed by atoms with van der Waals surface area (Å²) >= 11 is 5.81. The van der Waals surface area contributed by atoms with Crippen LogP contribution in [0, 0.1) is 17.7 Å². The van der Waals surface area contributed by atoms with Gasteiger partial charge < -0.3 is 5.73 Å². The van der Waals surface area contributed by atoms with Gasteiger partial charge in [0.15, 0.2) is 0 Å². The topological polar surface area (TPSA) is 26.0 Å². The largest absolute Gasteiger partial charge is 0.330 e. The van der Waals surface area contributed by atoms with Crippen LogP contribution < -0.4 is 5.73 Å². The molecule has 19 heavy (non-hydrogen) atoms. The molecule has 0 aliphatic carbocycles. The third-order valence-electron chi connectivity index (χ3n) is 2.67. The van der Waals surface area contributed by atoms with E-state index in [2.05, 4.69) is 11.8 Å². The van der Waals surface area contributed by atoms with Gasteiger partial charge >= 0.3 is 0 Å². The van der Waals surface area contributed by atoms with Crippen molar-refractivity contribution in [3.05, 3.63) is 70.0 Å². The van der Waals surface area contributed by atoms with Crippen molar-refractivity contribution >= 4 is 11.6 Å². The van der Waals surface area contributed by atoms with E-state index in [0.29, 0.717) is 18.0 Å². The molecule has 0 heterocycles. The number of hydrogen-bond donors (Lipinski definition) is 1. The van der Waals surface area contributed by atoms with Gasteiger partial charge in [-0.2, -0.15) is 0 Å². The molecule has 0 aromatic heterocycles. The molecule has 2 N–H and O–H groups in total. The molecule has 0 saturated carbocycles. The van der Waals surface area contributed by atoms with Crippen LogP contribution in [0.2, 0.25) is 5.02 Å². The number of halogens is 2. The molecule has 3 heteroatoms. The maximum absolute atomic E-state index is 13.2. The zero-order valence-corrected chi connectivity index (χ0v) is 11.0. The summed E-state index contributed by atoms with van der Waals surface area (Å²) in [6.07, 6.45) is 0.613. The Bertz CT molecular complexity index is 623. The van der Waals surface area contributed by atoms with E-state index in [4.69, 9.17) is 17.3 Å². The lowest BCUT2D eigenvalue weighted by molar-refractivity contribution is 0.625. The van der Waals surface area contributed by atoms with Gasteiger partial charge in [-0.1, -0.05) is 23.4 Å². The van der Waals surface area contributed by atoms with Gasteiger partial charge in [0.1, 0.15) is 5.82 Å². The third kappa shape index (κ3) is 3.82. The van der Waals surface area contributed by atoms with Gasteiger partial charge in [0, 0.05) is 16.1 Å². The average molecular weight is 274 g/mol. The van der Waals surface area contributed by atoms with E-state index < -0.39 is 0 Å². The van der Waals surface area contributed by atoms with Crippen LogP contribution in [0.15, 0.2) is 42.5 Å². The first-order chi connectivity index (χ1) is 9.19. The van der Waals surface area contributed by atoms with Crippen LogP contribution in [0.5, 0.6) is 0 Å². The highest BCUT2D eigenvalue weighted by molar-refractivity contribution is 6.30. The zero-order valence-electron chi connectivity index (χ0n) is 10.3. The van der Waals surface area contributed by atoms with Crippen molar-refractivity contribution in [1.29, 1.82) is 0 Å². The van der Waals surface area contributed by atoms with Crippen LogP contribution in [0.4, 0.5) is 4.39 Å². The van der Waals surface area contributed by atoms with Crippen molar-refractivity contribution in [2.75, 3.05) is 6.54 Å². The van der Waals surface area contributed by atoms with Crippen LogP contribution in [0.3, 0.4) is 0 Å². The van der Waals surface area contributed by atoms with Crippen molar-refractivity contribution < 1.29 is 4.39 Å². The predicted octanol–water partition coefficient (Wildman–Crippen LogP) is 3.38. The Balaban J connectivity index is 2.30. The van der Waals surface area contributed by atoms with E-state index in [0.717, 1.165) is 16.7 Å². The van der Waals surface area contributed by atoms with Crippen LogP contribution in [-0.2, 0) is 6.42 Å². The van der Waals surface area contributed by atoms with Gasteiger partial charge in [-0.15, -0.1) is 0 Å². The Morgan fingerprint density at radius 2 is 1.79 bits per heavy atom. The minimum Gasteiger partial charge on any atom is -0.330 e. The quantitative estimate of drug-likeness (QED) is 0.834. The van der Waals surface area contributed by atoms with Crippen LogP contribution in [0.25, 0.3) is 0 Å². The first-order valence-electron chi connectivity index (χ1n) is 5.95. The summed E-state index contributed by atoms with van der Waals surface area (Å²) in [5.41, 5.74) is 8.03. The van der Waals surface area contributed by atoms with Gasteiger partial charge in [0.25, 0.3) is 0 Å². The molecule has 0 radical (unpaired) electrons. The fourth-order valence-corrected chi connectivity index (χ4v) is 1.85. The van der Waals surface area contributed by atoms with Gasteiger partial charge in [-0.25, -0.2) is 4.39 Å². The second-order valence-corrected chi connectivity index (χ2v) is 4.53. The minimum atomic E-state index is -0.263. The van der Waals surface area contributed by atoms with Crippen molar-refractivity contribution in [2.24, 2.45) is 5.73 Å². The Morgan fingerprint density at radius 1 is 1.05 bits per heavy atom. The van der Waals surface area contributed by atoms with Crippen molar-refractivity contribution in [1.82, 2.24) is 0 Å². The summed E-state index contributed by atoms with van der Waals surface area (Å²) in [6.45, 7) is 0.471. The van der Waals surface area contributed by atoms with E-state index in [1.54, 1.807) is 18.2 Å². The summed E-state index contributed by atoms with van der Waals surface area (Å²) in [7, 11) is 0. The molecular formula is C16H13ClFN. The number of rotatable bonds is 2. The fraction of sp³-hybridized carbons (Fsp3) is 0.125. The second kappa shape index (κ2) is 6.38. The summed E-state index contributed by atoms with van der Waals surface area (Å²) in [5.74, 6) is 5.82. The molecule has 0 amide bonds.